The molecule has 226 valence electrons. The molecule has 2 fully saturated rings. The molecule has 0 aliphatic carbocycles. The predicted molar refractivity (Wildman–Crippen MR) is 135 cm³/mol. The molecule has 2 saturated heterocycles. The van der Waals surface area contributed by atoms with E-state index in [1.165, 1.54) is 25.1 Å². The van der Waals surface area contributed by atoms with Crippen LogP contribution in [-0.4, -0.2) is 115 Å². The Hall–Kier alpha value is -1.41. The van der Waals surface area contributed by atoms with Crippen molar-refractivity contribution in [2.75, 3.05) is 6.61 Å². The smallest absolute Gasteiger partial charge is 1.00 e. The number of Topliss-reactive ketones (excluding diaryl/α,β-unsaturated/α-hetero) is 1. The average molecular weight is 621 g/mol. The van der Waals surface area contributed by atoms with Crippen LogP contribution in [0.2, 0.25) is 0 Å². The number of rotatable bonds is 6. The molecule has 15 heteroatoms. The first-order valence-electron chi connectivity index (χ1n) is 13.0. The number of aliphatic hydroxyl groups is 6. The monoisotopic (exact) mass is 620 g/mol. The number of aliphatic hydroxyl groups excluding tert-OH is 6. The van der Waals surface area contributed by atoms with E-state index in [0.29, 0.717) is 5.56 Å². The number of phenolic OH excluding ortho intramolecular Hbond substituents is 2. The fraction of sp³-hybridized carbons (Fsp3) is 0.519. The minimum atomic E-state index is -1.75. The van der Waals surface area contributed by atoms with Crippen LogP contribution in [-0.2, 0) is 14.2 Å². The van der Waals surface area contributed by atoms with Gasteiger partial charge in [-0.3, -0.25) is 4.79 Å². The zero-order valence-corrected chi connectivity index (χ0v) is 25.9. The van der Waals surface area contributed by atoms with Gasteiger partial charge in [0.25, 0.3) is 0 Å². The van der Waals surface area contributed by atoms with Gasteiger partial charge in [0, 0.05) is 12.1 Å². The largest absolute Gasteiger partial charge is 1.00 e. The van der Waals surface area contributed by atoms with Gasteiger partial charge in [-0.1, -0.05) is 12.1 Å². The van der Waals surface area contributed by atoms with E-state index in [2.05, 4.69) is 0 Å². The van der Waals surface area contributed by atoms with Crippen LogP contribution in [0.15, 0.2) is 36.4 Å². The Bertz CT molecular complexity index is 1250. The Morgan fingerprint density at radius 3 is 2.26 bits per heavy atom. The van der Waals surface area contributed by atoms with Crippen molar-refractivity contribution in [1.29, 1.82) is 0 Å². The number of aromatic hydroxyl groups is 2. The molecule has 5 rings (SSSR count). The van der Waals surface area contributed by atoms with Crippen molar-refractivity contribution in [3.05, 3.63) is 47.5 Å². The van der Waals surface area contributed by atoms with E-state index in [-0.39, 0.29) is 82.0 Å². The maximum Gasteiger partial charge on any atom is 1.00 e. The molecule has 2 aromatic rings. The van der Waals surface area contributed by atoms with Crippen molar-refractivity contribution >= 4 is 5.78 Å². The molecule has 0 saturated carbocycles. The summed E-state index contributed by atoms with van der Waals surface area (Å²) in [5.41, 5.74) is 0.529. The van der Waals surface area contributed by atoms with Gasteiger partial charge in [-0.05, 0) is 24.6 Å². The van der Waals surface area contributed by atoms with Crippen LogP contribution in [0.4, 0.5) is 0 Å². The molecular weight excluding hydrogens is 587 g/mol. The Balaban J connectivity index is 0.00000253. The topological polar surface area (TPSA) is 225 Å². The molecule has 3 heterocycles. The van der Waals surface area contributed by atoms with Crippen LogP contribution in [0.3, 0.4) is 0 Å². The van der Waals surface area contributed by atoms with E-state index in [4.69, 9.17) is 23.7 Å². The number of phenols is 2. The number of ketones is 1. The van der Waals surface area contributed by atoms with Crippen molar-refractivity contribution in [3.8, 4) is 23.0 Å². The fourth-order valence-electron chi connectivity index (χ4n) is 5.07. The summed E-state index contributed by atoms with van der Waals surface area (Å²) in [6, 6.07) is 8.50. The third kappa shape index (κ3) is 6.64. The second-order valence-corrected chi connectivity index (χ2v) is 10.2. The molecular formula is C27H33KO14. The molecule has 0 spiro atoms. The van der Waals surface area contributed by atoms with E-state index in [1.54, 1.807) is 12.1 Å². The van der Waals surface area contributed by atoms with Gasteiger partial charge < -0.3 is 66.0 Å². The van der Waals surface area contributed by atoms with E-state index in [1.807, 2.05) is 0 Å². The molecule has 0 bridgehead atoms. The normalized spacial score (nSPS) is 36.4. The molecule has 11 atom stereocenters. The second kappa shape index (κ2) is 13.7. The van der Waals surface area contributed by atoms with Crippen LogP contribution < -0.4 is 60.9 Å². The summed E-state index contributed by atoms with van der Waals surface area (Å²) < 4.78 is 28.6. The van der Waals surface area contributed by atoms with Crippen LogP contribution in [0.5, 0.6) is 23.0 Å². The third-order valence-corrected chi connectivity index (χ3v) is 7.42. The van der Waals surface area contributed by atoms with Gasteiger partial charge >= 0.3 is 51.4 Å². The van der Waals surface area contributed by atoms with Crippen LogP contribution in [0.1, 0.15) is 36.8 Å². The van der Waals surface area contributed by atoms with Gasteiger partial charge in [0.05, 0.1) is 19.1 Å². The maximum absolute atomic E-state index is 12.9. The van der Waals surface area contributed by atoms with Crippen molar-refractivity contribution in [3.63, 3.8) is 0 Å². The van der Waals surface area contributed by atoms with Crippen molar-refractivity contribution in [1.82, 2.24) is 0 Å². The van der Waals surface area contributed by atoms with Gasteiger partial charge in [-0.25, -0.2) is 0 Å². The van der Waals surface area contributed by atoms with Crippen LogP contribution >= 0.6 is 0 Å². The number of ether oxygens (including phenoxy) is 5. The summed E-state index contributed by atoms with van der Waals surface area (Å²) in [4.78, 5) is 12.9. The minimum absolute atomic E-state index is 0. The molecule has 2 aromatic carbocycles. The SMILES string of the molecule is C[C@@H]1O[C@@H](O[C@H]2[C@H](Oc3cc(O)c4c(c3)OC(c3ccc(O)cc3)CC4=O)O[C@H](CO)[C@@H](O)[C@@H]2O)[C@H](O)[C@H](O)[C@H]1O.[H-].[K+]. The molecule has 42 heavy (non-hydrogen) atoms. The molecule has 3 aliphatic heterocycles. The summed E-state index contributed by atoms with van der Waals surface area (Å²) in [5.74, 6) is -0.947. The molecule has 3 aliphatic rings. The summed E-state index contributed by atoms with van der Waals surface area (Å²) in [5, 5.41) is 81.6. The first kappa shape index (κ1) is 33.5. The standard InChI is InChI=1S/C27H32O14.K.H/c1-10-20(32)22(34)24(36)26(37-10)41-25-23(35)21(33)18(9-28)40-27(25)38-13-6-14(30)19-15(31)8-16(39-17(19)7-13)11-2-4-12(29)5-3-11;;/h2-7,10,16,18,20-30,32-36H,8-9H2,1H3;;/q;+1;-1/t10-,16?,18+,20-,21+,22+,23-,24+,25+,26-,27+;;/m0../s1. The maximum atomic E-state index is 12.9. The predicted octanol–water partition coefficient (Wildman–Crippen LogP) is -4.05. The Kier molecular flexibility index (Phi) is 10.9. The van der Waals surface area contributed by atoms with E-state index in [0.717, 1.165) is 6.07 Å². The molecule has 1 unspecified atom stereocenters. The van der Waals surface area contributed by atoms with Crippen LogP contribution in [0.25, 0.3) is 0 Å². The molecule has 0 aromatic heterocycles. The first-order valence-corrected chi connectivity index (χ1v) is 13.0. The minimum Gasteiger partial charge on any atom is -1.00 e. The van der Waals surface area contributed by atoms with Crippen molar-refractivity contribution in [2.45, 2.75) is 80.9 Å². The number of benzene rings is 2. The zero-order valence-electron chi connectivity index (χ0n) is 23.8. The van der Waals surface area contributed by atoms with Crippen LogP contribution in [0, 0.1) is 0 Å². The van der Waals surface area contributed by atoms with Gasteiger partial charge in [0.1, 0.15) is 71.3 Å². The molecule has 8 N–H and O–H groups in total. The van der Waals surface area contributed by atoms with Gasteiger partial charge in [-0.15, -0.1) is 0 Å². The molecule has 14 nitrogen and oxygen atoms in total. The van der Waals surface area contributed by atoms with Crippen molar-refractivity contribution < 1.29 is 122 Å². The van der Waals surface area contributed by atoms with Gasteiger partial charge in [0.2, 0.25) is 6.29 Å². The number of carbonyl (C=O) groups excluding carboxylic acids is 1. The van der Waals surface area contributed by atoms with E-state index < -0.39 is 85.7 Å². The second-order valence-electron chi connectivity index (χ2n) is 10.2. The molecule has 0 radical (unpaired) electrons. The molecule has 0 amide bonds. The Labute approximate surface area is 283 Å². The summed E-state index contributed by atoms with van der Waals surface area (Å²) in [6.07, 6.45) is -16.0. The zero-order chi connectivity index (χ0) is 29.6. The Morgan fingerprint density at radius 1 is 0.905 bits per heavy atom. The van der Waals surface area contributed by atoms with Gasteiger partial charge in [-0.2, -0.15) is 0 Å². The average Bonchev–Trinajstić information content (AvgIpc) is 2.94. The number of carbonyl (C=O) groups is 1. The fourth-order valence-corrected chi connectivity index (χ4v) is 5.07. The number of hydrogen-bond donors (Lipinski definition) is 8. The first-order chi connectivity index (χ1) is 19.5. The van der Waals surface area contributed by atoms with E-state index in [9.17, 15) is 45.6 Å². The Morgan fingerprint density at radius 2 is 1.60 bits per heavy atom. The number of hydrogen-bond acceptors (Lipinski definition) is 14. The summed E-state index contributed by atoms with van der Waals surface area (Å²) >= 11 is 0. The number of fused-ring (bicyclic) bond motifs is 1. The van der Waals surface area contributed by atoms with E-state index >= 15 is 0 Å². The van der Waals surface area contributed by atoms with Gasteiger partial charge in [0.15, 0.2) is 18.2 Å². The quantitative estimate of drug-likeness (QED) is 0.144. The van der Waals surface area contributed by atoms with Crippen molar-refractivity contribution in [2.24, 2.45) is 0 Å². The summed E-state index contributed by atoms with van der Waals surface area (Å²) in [6.45, 7) is 0.716. The third-order valence-electron chi connectivity index (χ3n) is 7.42. The summed E-state index contributed by atoms with van der Waals surface area (Å²) in [7, 11) is 0.